The maximum absolute atomic E-state index is 11.3. The summed E-state index contributed by atoms with van der Waals surface area (Å²) >= 11 is 5.96. The zero-order chi connectivity index (χ0) is 13.1. The highest BCUT2D eigenvalue weighted by molar-refractivity contribution is 6.32. The topological polar surface area (TPSA) is 66.8 Å². The van der Waals surface area contributed by atoms with Gasteiger partial charge in [0.25, 0.3) is 0 Å². The standard InChI is InChI=1S/C12H15ClO4/c1-12(5-6-14,11(15)16)8-3-4-10(17-2)9(13)7-8/h3-4,7,14H,5-6H2,1-2H3,(H,15,16). The fourth-order valence-electron chi connectivity index (χ4n) is 1.61. The molecule has 0 aliphatic carbocycles. The molecular formula is C12H15ClO4. The predicted octanol–water partition coefficient (Wildman–Crippen LogP) is 2.07. The summed E-state index contributed by atoms with van der Waals surface area (Å²) in [5, 5.41) is 18.6. The number of rotatable bonds is 5. The summed E-state index contributed by atoms with van der Waals surface area (Å²) in [7, 11) is 1.49. The third-order valence-corrected chi connectivity index (χ3v) is 3.17. The van der Waals surface area contributed by atoms with E-state index in [1.165, 1.54) is 7.11 Å². The van der Waals surface area contributed by atoms with Crippen LogP contribution in [-0.4, -0.2) is 29.9 Å². The summed E-state index contributed by atoms with van der Waals surface area (Å²) in [5.41, 5.74) is -0.602. The van der Waals surface area contributed by atoms with Gasteiger partial charge in [0.1, 0.15) is 5.75 Å². The Morgan fingerprint density at radius 3 is 2.59 bits per heavy atom. The van der Waals surface area contributed by atoms with Gasteiger partial charge in [-0.25, -0.2) is 0 Å². The van der Waals surface area contributed by atoms with E-state index < -0.39 is 11.4 Å². The van der Waals surface area contributed by atoms with Crippen molar-refractivity contribution in [2.45, 2.75) is 18.8 Å². The molecular weight excluding hydrogens is 244 g/mol. The van der Waals surface area contributed by atoms with Crippen LogP contribution in [0.5, 0.6) is 5.75 Å². The highest BCUT2D eigenvalue weighted by atomic mass is 35.5. The number of aliphatic carboxylic acids is 1. The lowest BCUT2D eigenvalue weighted by atomic mass is 9.80. The zero-order valence-corrected chi connectivity index (χ0v) is 10.5. The normalized spacial score (nSPS) is 14.1. The quantitative estimate of drug-likeness (QED) is 0.849. The van der Waals surface area contributed by atoms with Crippen molar-refractivity contribution in [3.63, 3.8) is 0 Å². The van der Waals surface area contributed by atoms with Crippen molar-refractivity contribution in [2.75, 3.05) is 13.7 Å². The van der Waals surface area contributed by atoms with E-state index in [2.05, 4.69) is 0 Å². The minimum absolute atomic E-state index is 0.130. The van der Waals surface area contributed by atoms with E-state index in [1.807, 2.05) is 0 Å². The Labute approximate surface area is 105 Å². The van der Waals surface area contributed by atoms with Gasteiger partial charge in [0.05, 0.1) is 17.5 Å². The van der Waals surface area contributed by atoms with Crippen LogP contribution in [0.4, 0.5) is 0 Å². The summed E-state index contributed by atoms with van der Waals surface area (Å²) in [4.78, 5) is 11.3. The fourth-order valence-corrected chi connectivity index (χ4v) is 1.87. The number of ether oxygens (including phenoxy) is 1. The summed E-state index contributed by atoms with van der Waals surface area (Å²) in [6, 6.07) is 4.83. The van der Waals surface area contributed by atoms with Gasteiger partial charge in [-0.3, -0.25) is 4.79 Å². The number of carboxylic acids is 1. The molecule has 0 aliphatic heterocycles. The fraction of sp³-hybridized carbons (Fsp3) is 0.417. The molecule has 0 amide bonds. The van der Waals surface area contributed by atoms with Crippen LogP contribution in [0.3, 0.4) is 0 Å². The van der Waals surface area contributed by atoms with Gasteiger partial charge < -0.3 is 14.9 Å². The number of aliphatic hydroxyl groups is 1. The Kier molecular flexibility index (Phi) is 4.37. The molecule has 0 heterocycles. The first-order chi connectivity index (χ1) is 7.95. The van der Waals surface area contributed by atoms with Crippen LogP contribution in [-0.2, 0) is 10.2 Å². The summed E-state index contributed by atoms with van der Waals surface area (Å²) in [5.74, 6) is -0.500. The lowest BCUT2D eigenvalue weighted by Crippen LogP contribution is -2.33. The van der Waals surface area contributed by atoms with Crippen molar-refractivity contribution in [1.29, 1.82) is 0 Å². The number of carbonyl (C=O) groups is 1. The Bertz CT molecular complexity index is 419. The van der Waals surface area contributed by atoms with Crippen molar-refractivity contribution < 1.29 is 19.7 Å². The summed E-state index contributed by atoms with van der Waals surface area (Å²) in [6.45, 7) is 1.36. The first kappa shape index (κ1) is 13.8. The lowest BCUT2D eigenvalue weighted by molar-refractivity contribution is -0.143. The predicted molar refractivity (Wildman–Crippen MR) is 64.7 cm³/mol. The van der Waals surface area contributed by atoms with E-state index in [0.717, 1.165) is 0 Å². The average Bonchev–Trinajstić information content (AvgIpc) is 2.28. The molecule has 0 saturated heterocycles. The van der Waals surface area contributed by atoms with Crippen molar-refractivity contribution >= 4 is 17.6 Å². The van der Waals surface area contributed by atoms with E-state index in [-0.39, 0.29) is 13.0 Å². The van der Waals surface area contributed by atoms with Crippen LogP contribution in [0, 0.1) is 0 Å². The van der Waals surface area contributed by atoms with E-state index in [0.29, 0.717) is 16.3 Å². The third kappa shape index (κ3) is 2.70. The Balaban J connectivity index is 3.20. The molecule has 1 atom stereocenters. The number of benzene rings is 1. The zero-order valence-electron chi connectivity index (χ0n) is 9.74. The smallest absolute Gasteiger partial charge is 0.313 e. The van der Waals surface area contributed by atoms with Crippen LogP contribution in [0.2, 0.25) is 5.02 Å². The minimum atomic E-state index is -1.15. The highest BCUT2D eigenvalue weighted by Gasteiger charge is 2.35. The molecule has 1 aromatic rings. The maximum atomic E-state index is 11.3. The minimum Gasteiger partial charge on any atom is -0.495 e. The molecule has 0 aromatic heterocycles. The molecule has 1 rings (SSSR count). The third-order valence-electron chi connectivity index (χ3n) is 2.87. The largest absolute Gasteiger partial charge is 0.495 e. The maximum Gasteiger partial charge on any atom is 0.313 e. The van der Waals surface area contributed by atoms with E-state index >= 15 is 0 Å². The number of halogens is 1. The van der Waals surface area contributed by atoms with Gasteiger partial charge in [-0.05, 0) is 31.0 Å². The van der Waals surface area contributed by atoms with Crippen molar-refractivity contribution in [2.24, 2.45) is 0 Å². The van der Waals surface area contributed by atoms with Gasteiger partial charge in [0.2, 0.25) is 0 Å². The number of aliphatic hydroxyl groups excluding tert-OH is 1. The Morgan fingerprint density at radius 1 is 1.53 bits per heavy atom. The van der Waals surface area contributed by atoms with Crippen LogP contribution < -0.4 is 4.74 Å². The van der Waals surface area contributed by atoms with Gasteiger partial charge in [0, 0.05) is 6.61 Å². The number of methoxy groups -OCH3 is 1. The number of hydrogen-bond donors (Lipinski definition) is 2. The Morgan fingerprint density at radius 2 is 2.18 bits per heavy atom. The summed E-state index contributed by atoms with van der Waals surface area (Å²) in [6.07, 6.45) is 0.130. The van der Waals surface area contributed by atoms with Crippen molar-refractivity contribution in [3.8, 4) is 5.75 Å². The van der Waals surface area contributed by atoms with Crippen molar-refractivity contribution in [1.82, 2.24) is 0 Å². The monoisotopic (exact) mass is 258 g/mol. The summed E-state index contributed by atoms with van der Waals surface area (Å²) < 4.78 is 5.00. The molecule has 0 bridgehead atoms. The number of carboxylic acid groups (broad SMARTS) is 1. The van der Waals surface area contributed by atoms with E-state index in [9.17, 15) is 9.90 Å². The van der Waals surface area contributed by atoms with Gasteiger partial charge in [-0.15, -0.1) is 0 Å². The molecule has 2 N–H and O–H groups in total. The van der Waals surface area contributed by atoms with Gasteiger partial charge in [0.15, 0.2) is 0 Å². The van der Waals surface area contributed by atoms with Crippen LogP contribution in [0.15, 0.2) is 18.2 Å². The van der Waals surface area contributed by atoms with Gasteiger partial charge >= 0.3 is 5.97 Å². The molecule has 1 aromatic carbocycles. The Hall–Kier alpha value is -1.26. The molecule has 4 nitrogen and oxygen atoms in total. The SMILES string of the molecule is COc1ccc(C(C)(CCO)C(=O)O)cc1Cl. The van der Waals surface area contributed by atoms with Gasteiger partial charge in [-0.2, -0.15) is 0 Å². The molecule has 0 fully saturated rings. The first-order valence-corrected chi connectivity index (χ1v) is 5.51. The first-order valence-electron chi connectivity index (χ1n) is 5.14. The molecule has 0 radical (unpaired) electrons. The second kappa shape index (κ2) is 5.38. The second-order valence-corrected chi connectivity index (χ2v) is 4.37. The molecule has 0 saturated carbocycles. The average molecular weight is 259 g/mol. The molecule has 17 heavy (non-hydrogen) atoms. The second-order valence-electron chi connectivity index (χ2n) is 3.96. The van der Waals surface area contributed by atoms with E-state index in [1.54, 1.807) is 25.1 Å². The van der Waals surface area contributed by atoms with E-state index in [4.69, 9.17) is 21.4 Å². The van der Waals surface area contributed by atoms with Crippen LogP contribution in [0.25, 0.3) is 0 Å². The lowest BCUT2D eigenvalue weighted by Gasteiger charge is -2.24. The van der Waals surface area contributed by atoms with Crippen LogP contribution in [0.1, 0.15) is 18.9 Å². The number of hydrogen-bond acceptors (Lipinski definition) is 3. The molecule has 5 heteroatoms. The molecule has 0 aliphatic rings. The van der Waals surface area contributed by atoms with Crippen LogP contribution >= 0.6 is 11.6 Å². The molecule has 0 spiro atoms. The van der Waals surface area contributed by atoms with Crippen molar-refractivity contribution in [3.05, 3.63) is 28.8 Å². The highest BCUT2D eigenvalue weighted by Crippen LogP contribution is 2.33. The molecule has 94 valence electrons. The van der Waals surface area contributed by atoms with Gasteiger partial charge in [-0.1, -0.05) is 17.7 Å². The molecule has 1 unspecified atom stereocenters.